The van der Waals surface area contributed by atoms with Gasteiger partial charge in [-0.3, -0.25) is 9.78 Å². The molecule has 0 saturated carbocycles. The molecule has 3 aromatic rings. The van der Waals surface area contributed by atoms with E-state index in [1.807, 2.05) is 30.5 Å². The molecule has 0 unspecified atom stereocenters. The predicted octanol–water partition coefficient (Wildman–Crippen LogP) is 1.96. The number of methoxy groups -OCH3 is 1. The standard InChI is InChI=1S/C17H18N6O2S/c1-10-9-26-16(20-10)14-6-13(22-17(18)23-14)15(24)19-7-11-4-3-5-12(21-11)8-25-2/h3-6,9H,7-8H2,1-2H3,(H,19,24)(H2,18,22,23). The van der Waals surface area contributed by atoms with Crippen molar-refractivity contribution in [1.82, 2.24) is 25.3 Å². The molecule has 0 aliphatic rings. The number of hydrogen-bond donors (Lipinski definition) is 2. The molecule has 0 saturated heterocycles. The van der Waals surface area contributed by atoms with Crippen molar-refractivity contribution in [2.75, 3.05) is 12.8 Å². The van der Waals surface area contributed by atoms with Crippen LogP contribution in [0.25, 0.3) is 10.7 Å². The van der Waals surface area contributed by atoms with E-state index >= 15 is 0 Å². The maximum Gasteiger partial charge on any atom is 0.270 e. The number of aryl methyl sites for hydroxylation is 1. The lowest BCUT2D eigenvalue weighted by atomic mass is 10.2. The Kier molecular flexibility index (Phi) is 5.49. The summed E-state index contributed by atoms with van der Waals surface area (Å²) in [5.41, 5.74) is 8.88. The van der Waals surface area contributed by atoms with Crippen LogP contribution in [0.5, 0.6) is 0 Å². The molecule has 134 valence electrons. The number of nitrogen functional groups attached to an aromatic ring is 1. The van der Waals surface area contributed by atoms with Crippen LogP contribution in [-0.2, 0) is 17.9 Å². The Hall–Kier alpha value is -2.91. The van der Waals surface area contributed by atoms with Gasteiger partial charge in [0.25, 0.3) is 5.91 Å². The zero-order valence-electron chi connectivity index (χ0n) is 14.4. The first kappa shape index (κ1) is 17.9. The van der Waals surface area contributed by atoms with Crippen molar-refractivity contribution in [2.45, 2.75) is 20.1 Å². The summed E-state index contributed by atoms with van der Waals surface area (Å²) in [6.45, 7) is 2.58. The van der Waals surface area contributed by atoms with E-state index in [1.54, 1.807) is 13.2 Å². The Balaban J connectivity index is 1.73. The third kappa shape index (κ3) is 4.38. The highest BCUT2D eigenvalue weighted by Crippen LogP contribution is 2.22. The zero-order chi connectivity index (χ0) is 18.5. The lowest BCUT2D eigenvalue weighted by Gasteiger charge is -2.07. The topological polar surface area (TPSA) is 116 Å². The third-order valence-corrected chi connectivity index (χ3v) is 4.38. The Morgan fingerprint density at radius 1 is 1.23 bits per heavy atom. The SMILES string of the molecule is COCc1cccc(CNC(=O)c2cc(-c3nc(C)cs3)nc(N)n2)n1. The van der Waals surface area contributed by atoms with Crippen LogP contribution in [-0.4, -0.2) is 33.0 Å². The summed E-state index contributed by atoms with van der Waals surface area (Å²) in [4.78, 5) is 29.4. The van der Waals surface area contributed by atoms with Gasteiger partial charge in [-0.2, -0.15) is 0 Å². The molecule has 9 heteroatoms. The van der Waals surface area contributed by atoms with Crippen LogP contribution in [0, 0.1) is 6.92 Å². The molecule has 3 aromatic heterocycles. The maximum absolute atomic E-state index is 12.4. The summed E-state index contributed by atoms with van der Waals surface area (Å²) in [5, 5.41) is 5.39. The molecule has 1 amide bonds. The number of nitrogens with one attached hydrogen (secondary N) is 1. The summed E-state index contributed by atoms with van der Waals surface area (Å²) in [6, 6.07) is 7.15. The monoisotopic (exact) mass is 370 g/mol. The van der Waals surface area contributed by atoms with Gasteiger partial charge in [-0.25, -0.2) is 15.0 Å². The molecule has 8 nitrogen and oxygen atoms in total. The number of hydrogen-bond acceptors (Lipinski definition) is 8. The van der Waals surface area contributed by atoms with Crippen molar-refractivity contribution in [3.8, 4) is 10.7 Å². The molecule has 0 fully saturated rings. The normalized spacial score (nSPS) is 10.7. The van der Waals surface area contributed by atoms with Crippen molar-refractivity contribution in [3.05, 3.63) is 52.4 Å². The van der Waals surface area contributed by atoms with E-state index in [2.05, 4.69) is 25.3 Å². The van der Waals surface area contributed by atoms with Crippen LogP contribution >= 0.6 is 11.3 Å². The van der Waals surface area contributed by atoms with Crippen LogP contribution in [0.2, 0.25) is 0 Å². The van der Waals surface area contributed by atoms with Crippen molar-refractivity contribution in [1.29, 1.82) is 0 Å². The number of carbonyl (C=O) groups excluding carboxylic acids is 1. The van der Waals surface area contributed by atoms with E-state index in [4.69, 9.17) is 10.5 Å². The van der Waals surface area contributed by atoms with Gasteiger partial charge in [0, 0.05) is 18.2 Å². The lowest BCUT2D eigenvalue weighted by Crippen LogP contribution is -2.25. The number of rotatable bonds is 6. The minimum absolute atomic E-state index is 0.0284. The molecule has 0 spiro atoms. The summed E-state index contributed by atoms with van der Waals surface area (Å²) < 4.78 is 5.06. The molecule has 3 N–H and O–H groups in total. The molecule has 0 bridgehead atoms. The first-order valence-corrected chi connectivity index (χ1v) is 8.72. The van der Waals surface area contributed by atoms with Crippen molar-refractivity contribution < 1.29 is 9.53 Å². The molecular weight excluding hydrogens is 352 g/mol. The quantitative estimate of drug-likeness (QED) is 0.681. The summed E-state index contributed by atoms with van der Waals surface area (Å²) in [6.07, 6.45) is 0. The van der Waals surface area contributed by atoms with Crippen molar-refractivity contribution in [2.24, 2.45) is 0 Å². The summed E-state index contributed by atoms with van der Waals surface area (Å²) >= 11 is 1.44. The molecule has 0 radical (unpaired) electrons. The van der Waals surface area contributed by atoms with Crippen LogP contribution in [0.15, 0.2) is 29.6 Å². The highest BCUT2D eigenvalue weighted by Gasteiger charge is 2.14. The van der Waals surface area contributed by atoms with Gasteiger partial charge in [0.15, 0.2) is 0 Å². The Labute approximate surface area is 154 Å². The average Bonchev–Trinajstić information content (AvgIpc) is 3.06. The number of thiazole rings is 1. The van der Waals surface area contributed by atoms with Gasteiger partial charge in [-0.1, -0.05) is 6.07 Å². The van der Waals surface area contributed by atoms with Gasteiger partial charge in [-0.15, -0.1) is 11.3 Å². The first-order valence-electron chi connectivity index (χ1n) is 7.84. The van der Waals surface area contributed by atoms with Gasteiger partial charge in [0.1, 0.15) is 16.4 Å². The predicted molar refractivity (Wildman–Crippen MR) is 98.4 cm³/mol. The minimum Gasteiger partial charge on any atom is -0.378 e. The molecular formula is C17H18N6O2S. The van der Waals surface area contributed by atoms with Gasteiger partial charge < -0.3 is 15.8 Å². The molecule has 0 aliphatic carbocycles. The molecule has 26 heavy (non-hydrogen) atoms. The van der Waals surface area contributed by atoms with E-state index in [9.17, 15) is 4.79 Å². The van der Waals surface area contributed by atoms with E-state index in [0.717, 1.165) is 17.1 Å². The highest BCUT2D eigenvalue weighted by molar-refractivity contribution is 7.13. The Bertz CT molecular complexity index is 927. The van der Waals surface area contributed by atoms with Crippen molar-refractivity contribution >= 4 is 23.2 Å². The number of amides is 1. The molecule has 3 rings (SSSR count). The second kappa shape index (κ2) is 7.98. The molecule has 0 aromatic carbocycles. The Morgan fingerprint density at radius 3 is 2.77 bits per heavy atom. The number of anilines is 1. The molecule has 0 atom stereocenters. The number of ether oxygens (including phenoxy) is 1. The van der Waals surface area contributed by atoms with Crippen LogP contribution in [0.3, 0.4) is 0 Å². The van der Waals surface area contributed by atoms with E-state index in [0.29, 0.717) is 17.3 Å². The average molecular weight is 370 g/mol. The summed E-state index contributed by atoms with van der Waals surface area (Å²) in [5.74, 6) is -0.326. The lowest BCUT2D eigenvalue weighted by molar-refractivity contribution is 0.0945. The highest BCUT2D eigenvalue weighted by atomic mass is 32.1. The van der Waals surface area contributed by atoms with E-state index in [-0.39, 0.29) is 24.1 Å². The fourth-order valence-corrected chi connectivity index (χ4v) is 3.04. The number of aromatic nitrogens is 4. The number of pyridine rings is 1. The maximum atomic E-state index is 12.4. The van der Waals surface area contributed by atoms with Gasteiger partial charge in [0.05, 0.1) is 24.5 Å². The second-order valence-electron chi connectivity index (χ2n) is 5.53. The number of nitrogens with two attached hydrogens (primary N) is 1. The Morgan fingerprint density at radius 2 is 2.04 bits per heavy atom. The second-order valence-corrected chi connectivity index (χ2v) is 6.38. The van der Waals surface area contributed by atoms with Crippen molar-refractivity contribution in [3.63, 3.8) is 0 Å². The largest absolute Gasteiger partial charge is 0.378 e. The first-order chi connectivity index (χ1) is 12.5. The molecule has 0 aliphatic heterocycles. The van der Waals surface area contributed by atoms with Gasteiger partial charge in [0.2, 0.25) is 5.95 Å². The zero-order valence-corrected chi connectivity index (χ0v) is 15.2. The van der Waals surface area contributed by atoms with Gasteiger partial charge in [-0.05, 0) is 25.1 Å². The van der Waals surface area contributed by atoms with E-state index < -0.39 is 0 Å². The van der Waals surface area contributed by atoms with Crippen LogP contribution in [0.1, 0.15) is 27.6 Å². The van der Waals surface area contributed by atoms with E-state index in [1.165, 1.54) is 11.3 Å². The minimum atomic E-state index is -0.354. The smallest absolute Gasteiger partial charge is 0.270 e. The fourth-order valence-electron chi connectivity index (χ4n) is 2.28. The third-order valence-electron chi connectivity index (χ3n) is 3.40. The fraction of sp³-hybridized carbons (Fsp3) is 0.235. The van der Waals surface area contributed by atoms with Gasteiger partial charge >= 0.3 is 0 Å². The van der Waals surface area contributed by atoms with Crippen LogP contribution < -0.4 is 11.1 Å². The molecule has 3 heterocycles. The van der Waals surface area contributed by atoms with Crippen LogP contribution in [0.4, 0.5) is 5.95 Å². The number of carbonyl (C=O) groups is 1. The number of nitrogens with zero attached hydrogens (tertiary/aromatic N) is 4. The summed E-state index contributed by atoms with van der Waals surface area (Å²) in [7, 11) is 1.61.